The van der Waals surface area contributed by atoms with Gasteiger partial charge in [0.2, 0.25) is 0 Å². The van der Waals surface area contributed by atoms with Gasteiger partial charge in [0.15, 0.2) is 0 Å². The number of hydrogen-bond donors (Lipinski definition) is 1. The molecule has 0 spiro atoms. The van der Waals surface area contributed by atoms with Crippen LogP contribution >= 0.6 is 0 Å². The molecule has 1 N–H and O–H groups in total. The average molecular weight is 264 g/mol. The summed E-state index contributed by atoms with van der Waals surface area (Å²) in [4.78, 5) is 2.09. The quantitative estimate of drug-likeness (QED) is 0.693. The fraction of sp³-hybridized carbons (Fsp3) is 0.625. The number of nitrogens with one attached hydrogen (secondary N) is 1. The van der Waals surface area contributed by atoms with Crippen molar-refractivity contribution in [1.82, 2.24) is 5.32 Å². The first-order valence-electron chi connectivity index (χ1n) is 7.28. The van der Waals surface area contributed by atoms with Crippen molar-refractivity contribution in [3.05, 3.63) is 24.3 Å². The number of hydrogen-bond acceptors (Lipinski definition) is 3. The van der Waals surface area contributed by atoms with Gasteiger partial charge in [-0.2, -0.15) is 0 Å². The highest BCUT2D eigenvalue weighted by atomic mass is 16.5. The maximum atomic E-state index is 5.96. The van der Waals surface area contributed by atoms with Crippen molar-refractivity contribution in [2.45, 2.75) is 39.2 Å². The van der Waals surface area contributed by atoms with Gasteiger partial charge in [0.05, 0.1) is 6.10 Å². The second-order valence-corrected chi connectivity index (χ2v) is 5.21. The van der Waals surface area contributed by atoms with E-state index in [-0.39, 0.29) is 6.10 Å². The van der Waals surface area contributed by atoms with Gasteiger partial charge < -0.3 is 15.0 Å². The van der Waals surface area contributed by atoms with E-state index >= 15 is 0 Å². The van der Waals surface area contributed by atoms with E-state index in [1.165, 1.54) is 12.1 Å². The smallest absolute Gasteiger partial charge is 0.121 e. The zero-order valence-electron chi connectivity index (χ0n) is 12.8. The van der Waals surface area contributed by atoms with E-state index in [9.17, 15) is 0 Å². The Morgan fingerprint density at radius 1 is 1.26 bits per heavy atom. The van der Waals surface area contributed by atoms with Crippen LogP contribution in [0.2, 0.25) is 0 Å². The topological polar surface area (TPSA) is 24.5 Å². The second-order valence-electron chi connectivity index (χ2n) is 5.21. The van der Waals surface area contributed by atoms with Gasteiger partial charge in [-0.05, 0) is 51.4 Å². The SMILES string of the molecule is CCCNCCCC(C)Oc1cccc(N(C)C)c1. The largest absolute Gasteiger partial charge is 0.491 e. The van der Waals surface area contributed by atoms with Crippen molar-refractivity contribution in [1.29, 1.82) is 0 Å². The fourth-order valence-corrected chi connectivity index (χ4v) is 1.94. The lowest BCUT2D eigenvalue weighted by atomic mass is 10.2. The molecule has 1 aromatic carbocycles. The van der Waals surface area contributed by atoms with Gasteiger partial charge in [0.25, 0.3) is 0 Å². The number of ether oxygens (including phenoxy) is 1. The second kappa shape index (κ2) is 8.81. The van der Waals surface area contributed by atoms with Gasteiger partial charge in [0, 0.05) is 25.8 Å². The molecule has 108 valence electrons. The summed E-state index contributed by atoms with van der Waals surface area (Å²) in [5.41, 5.74) is 1.18. The summed E-state index contributed by atoms with van der Waals surface area (Å²) >= 11 is 0. The maximum absolute atomic E-state index is 5.96. The highest BCUT2D eigenvalue weighted by Gasteiger charge is 2.05. The molecule has 0 aliphatic carbocycles. The van der Waals surface area contributed by atoms with Crippen LogP contribution in [0.1, 0.15) is 33.1 Å². The van der Waals surface area contributed by atoms with Crippen LogP contribution in [0.5, 0.6) is 5.75 Å². The predicted molar refractivity (Wildman–Crippen MR) is 83.3 cm³/mol. The molecule has 3 heteroatoms. The predicted octanol–water partition coefficient (Wildman–Crippen LogP) is 3.30. The van der Waals surface area contributed by atoms with Gasteiger partial charge in [-0.15, -0.1) is 0 Å². The number of nitrogens with zero attached hydrogens (tertiary/aromatic N) is 1. The monoisotopic (exact) mass is 264 g/mol. The molecule has 0 saturated carbocycles. The molecule has 0 fully saturated rings. The summed E-state index contributed by atoms with van der Waals surface area (Å²) in [7, 11) is 4.09. The lowest BCUT2D eigenvalue weighted by Crippen LogP contribution is -2.19. The minimum absolute atomic E-state index is 0.265. The van der Waals surface area contributed by atoms with E-state index < -0.39 is 0 Å². The minimum Gasteiger partial charge on any atom is -0.491 e. The molecule has 1 unspecified atom stereocenters. The molecule has 0 aliphatic rings. The third-order valence-corrected chi connectivity index (χ3v) is 3.06. The van der Waals surface area contributed by atoms with Gasteiger partial charge in [0.1, 0.15) is 5.75 Å². The summed E-state index contributed by atoms with van der Waals surface area (Å²) in [5, 5.41) is 3.42. The molecule has 0 amide bonds. The van der Waals surface area contributed by atoms with Crippen molar-refractivity contribution in [3.63, 3.8) is 0 Å². The van der Waals surface area contributed by atoms with Crippen LogP contribution in [0.15, 0.2) is 24.3 Å². The summed E-state index contributed by atoms with van der Waals surface area (Å²) in [6, 6.07) is 8.25. The molecular formula is C16H28N2O. The van der Waals surface area contributed by atoms with E-state index in [2.05, 4.69) is 36.2 Å². The molecule has 0 saturated heterocycles. The van der Waals surface area contributed by atoms with E-state index in [1.807, 2.05) is 26.2 Å². The van der Waals surface area contributed by atoms with Crippen molar-refractivity contribution in [3.8, 4) is 5.75 Å². The zero-order chi connectivity index (χ0) is 14.1. The molecule has 19 heavy (non-hydrogen) atoms. The van der Waals surface area contributed by atoms with Crippen LogP contribution in [0.3, 0.4) is 0 Å². The molecule has 0 bridgehead atoms. The standard InChI is InChI=1S/C16H28N2O/c1-5-11-17-12-7-8-14(2)19-16-10-6-9-15(13-16)18(3)4/h6,9-10,13-14,17H,5,7-8,11-12H2,1-4H3. The Bertz CT molecular complexity index is 352. The first kappa shape index (κ1) is 15.8. The summed E-state index contributed by atoms with van der Waals surface area (Å²) in [6.07, 6.45) is 3.71. The van der Waals surface area contributed by atoms with Crippen LogP contribution < -0.4 is 15.0 Å². The Kier molecular flexibility index (Phi) is 7.34. The van der Waals surface area contributed by atoms with E-state index in [0.717, 1.165) is 31.7 Å². The van der Waals surface area contributed by atoms with Gasteiger partial charge >= 0.3 is 0 Å². The van der Waals surface area contributed by atoms with Gasteiger partial charge in [-0.1, -0.05) is 13.0 Å². The molecule has 3 nitrogen and oxygen atoms in total. The highest BCUT2D eigenvalue weighted by molar-refractivity contribution is 5.49. The van der Waals surface area contributed by atoms with Crippen LogP contribution in [0.4, 0.5) is 5.69 Å². The lowest BCUT2D eigenvalue weighted by molar-refractivity contribution is 0.207. The summed E-state index contributed by atoms with van der Waals surface area (Å²) in [6.45, 7) is 6.53. The van der Waals surface area contributed by atoms with Gasteiger partial charge in [-0.3, -0.25) is 0 Å². The molecule has 0 radical (unpaired) electrons. The first-order chi connectivity index (χ1) is 9.13. The van der Waals surface area contributed by atoms with Crippen molar-refractivity contribution in [2.24, 2.45) is 0 Å². The molecule has 1 aromatic rings. The van der Waals surface area contributed by atoms with E-state index in [4.69, 9.17) is 4.74 Å². The number of rotatable bonds is 9. The molecule has 0 aromatic heterocycles. The maximum Gasteiger partial charge on any atom is 0.121 e. The summed E-state index contributed by atoms with van der Waals surface area (Å²) < 4.78 is 5.96. The van der Waals surface area contributed by atoms with Gasteiger partial charge in [-0.25, -0.2) is 0 Å². The Morgan fingerprint density at radius 3 is 2.74 bits per heavy atom. The minimum atomic E-state index is 0.265. The highest BCUT2D eigenvalue weighted by Crippen LogP contribution is 2.21. The summed E-state index contributed by atoms with van der Waals surface area (Å²) in [5.74, 6) is 0.959. The third-order valence-electron chi connectivity index (χ3n) is 3.06. The molecule has 1 atom stereocenters. The van der Waals surface area contributed by atoms with Crippen LogP contribution in [-0.4, -0.2) is 33.3 Å². The van der Waals surface area contributed by atoms with Crippen LogP contribution in [-0.2, 0) is 0 Å². The Hall–Kier alpha value is -1.22. The average Bonchev–Trinajstić information content (AvgIpc) is 2.38. The van der Waals surface area contributed by atoms with Crippen molar-refractivity contribution >= 4 is 5.69 Å². The lowest BCUT2D eigenvalue weighted by Gasteiger charge is -2.17. The Morgan fingerprint density at radius 2 is 2.05 bits per heavy atom. The zero-order valence-corrected chi connectivity index (χ0v) is 12.8. The molecule has 1 rings (SSSR count). The molecular weight excluding hydrogens is 236 g/mol. The number of anilines is 1. The first-order valence-corrected chi connectivity index (χ1v) is 7.28. The third kappa shape index (κ3) is 6.48. The molecule has 0 heterocycles. The normalized spacial score (nSPS) is 12.2. The van der Waals surface area contributed by atoms with Crippen molar-refractivity contribution in [2.75, 3.05) is 32.1 Å². The number of benzene rings is 1. The van der Waals surface area contributed by atoms with Crippen molar-refractivity contribution < 1.29 is 4.74 Å². The fourth-order valence-electron chi connectivity index (χ4n) is 1.94. The van der Waals surface area contributed by atoms with E-state index in [0.29, 0.717) is 0 Å². The van der Waals surface area contributed by atoms with Crippen LogP contribution in [0.25, 0.3) is 0 Å². The Balaban J connectivity index is 2.31. The Labute approximate surface area is 118 Å². The van der Waals surface area contributed by atoms with E-state index in [1.54, 1.807) is 0 Å². The van der Waals surface area contributed by atoms with Crippen LogP contribution in [0, 0.1) is 0 Å². The molecule has 0 aliphatic heterocycles.